The normalized spacial score (nSPS) is 19.9. The molecule has 1 aromatic rings. The highest BCUT2D eigenvalue weighted by molar-refractivity contribution is 5.81. The van der Waals surface area contributed by atoms with Crippen LogP contribution in [0.4, 0.5) is 0 Å². The van der Waals surface area contributed by atoms with E-state index in [1.807, 2.05) is 27.7 Å². The fraction of sp³-hybridized carbons (Fsp3) is 0.588. The van der Waals surface area contributed by atoms with Crippen molar-refractivity contribution in [2.45, 2.75) is 46.0 Å². The molecular weight excluding hydrogens is 284 g/mol. The molecule has 22 heavy (non-hydrogen) atoms. The van der Waals surface area contributed by atoms with E-state index in [9.17, 15) is 4.79 Å². The number of hydrogen-bond acceptors (Lipinski definition) is 5. The molecule has 5 heteroatoms. The largest absolute Gasteiger partial charge is 0.493 e. The van der Waals surface area contributed by atoms with E-state index in [0.29, 0.717) is 31.1 Å². The molecular formula is C17H24O5. The Kier molecular flexibility index (Phi) is 5.42. The van der Waals surface area contributed by atoms with Gasteiger partial charge in [-0.1, -0.05) is 6.92 Å². The molecule has 0 saturated carbocycles. The summed E-state index contributed by atoms with van der Waals surface area (Å²) in [5.41, 5.74) is 1.34. The lowest BCUT2D eigenvalue weighted by molar-refractivity contribution is -0.141. The van der Waals surface area contributed by atoms with Gasteiger partial charge in [0.15, 0.2) is 12.1 Å². The standard InChI is InChI=1S/C17H24O5/c1-5-8-19-15-7-6-13(9-18)16(12(15)2)20-10-14-11-21-17(3,4)22-14/h6-7,9,14H,5,8,10-11H2,1-4H3/t14-/m1/s1. The number of ether oxygens (including phenoxy) is 4. The van der Waals surface area contributed by atoms with E-state index in [2.05, 4.69) is 0 Å². The molecule has 5 nitrogen and oxygen atoms in total. The quantitative estimate of drug-likeness (QED) is 0.724. The first-order chi connectivity index (χ1) is 10.5. The lowest BCUT2D eigenvalue weighted by atomic mass is 10.1. The molecule has 2 rings (SSSR count). The van der Waals surface area contributed by atoms with E-state index in [4.69, 9.17) is 18.9 Å². The van der Waals surface area contributed by atoms with E-state index in [-0.39, 0.29) is 6.10 Å². The number of rotatable bonds is 7. The van der Waals surface area contributed by atoms with Gasteiger partial charge in [-0.05, 0) is 39.3 Å². The number of aldehydes is 1. The Morgan fingerprint density at radius 3 is 2.73 bits per heavy atom. The molecule has 1 fully saturated rings. The number of benzene rings is 1. The lowest BCUT2D eigenvalue weighted by Gasteiger charge is -2.19. The van der Waals surface area contributed by atoms with Crippen molar-refractivity contribution in [2.75, 3.05) is 19.8 Å². The van der Waals surface area contributed by atoms with E-state index in [1.54, 1.807) is 12.1 Å². The van der Waals surface area contributed by atoms with Crippen molar-refractivity contribution in [1.82, 2.24) is 0 Å². The predicted octanol–water partition coefficient (Wildman–Crippen LogP) is 3.13. The average Bonchev–Trinajstić information content (AvgIpc) is 2.83. The first-order valence-electron chi connectivity index (χ1n) is 7.63. The molecule has 0 spiro atoms. The minimum absolute atomic E-state index is 0.144. The van der Waals surface area contributed by atoms with Gasteiger partial charge in [0.2, 0.25) is 0 Å². The molecule has 0 unspecified atom stereocenters. The third kappa shape index (κ3) is 3.99. The smallest absolute Gasteiger partial charge is 0.163 e. The lowest BCUT2D eigenvalue weighted by Crippen LogP contribution is -2.25. The Morgan fingerprint density at radius 2 is 2.14 bits per heavy atom. The van der Waals surface area contributed by atoms with Crippen LogP contribution in [0.2, 0.25) is 0 Å². The number of hydrogen-bond donors (Lipinski definition) is 0. The fourth-order valence-corrected chi connectivity index (χ4v) is 2.37. The van der Waals surface area contributed by atoms with Gasteiger partial charge < -0.3 is 18.9 Å². The van der Waals surface area contributed by atoms with Gasteiger partial charge in [-0.25, -0.2) is 0 Å². The summed E-state index contributed by atoms with van der Waals surface area (Å²) in [4.78, 5) is 11.2. The SMILES string of the molecule is CCCOc1ccc(C=O)c(OC[C@@H]2COC(C)(C)O2)c1C. The zero-order chi connectivity index (χ0) is 16.2. The van der Waals surface area contributed by atoms with Crippen LogP contribution in [0.1, 0.15) is 43.1 Å². The van der Waals surface area contributed by atoms with Crippen molar-refractivity contribution in [3.63, 3.8) is 0 Å². The molecule has 1 aliphatic rings. The van der Waals surface area contributed by atoms with Crippen LogP contribution in [0.5, 0.6) is 11.5 Å². The second-order valence-corrected chi connectivity index (χ2v) is 5.84. The molecule has 0 N–H and O–H groups in total. The van der Waals surface area contributed by atoms with Gasteiger partial charge in [-0.15, -0.1) is 0 Å². The summed E-state index contributed by atoms with van der Waals surface area (Å²) in [7, 11) is 0. The highest BCUT2D eigenvalue weighted by Crippen LogP contribution is 2.32. The van der Waals surface area contributed by atoms with Crippen molar-refractivity contribution in [1.29, 1.82) is 0 Å². The maximum absolute atomic E-state index is 11.2. The van der Waals surface area contributed by atoms with Gasteiger partial charge in [0.05, 0.1) is 18.8 Å². The summed E-state index contributed by atoms with van der Waals surface area (Å²) in [5, 5.41) is 0. The van der Waals surface area contributed by atoms with Crippen LogP contribution < -0.4 is 9.47 Å². The van der Waals surface area contributed by atoms with Crippen LogP contribution in [0, 0.1) is 6.92 Å². The molecule has 1 heterocycles. The second-order valence-electron chi connectivity index (χ2n) is 5.84. The van der Waals surface area contributed by atoms with Crippen LogP contribution in [0.25, 0.3) is 0 Å². The number of carbonyl (C=O) groups excluding carboxylic acids is 1. The third-order valence-electron chi connectivity index (χ3n) is 3.46. The minimum Gasteiger partial charge on any atom is -0.493 e. The third-order valence-corrected chi connectivity index (χ3v) is 3.46. The molecule has 0 aliphatic carbocycles. The molecule has 1 aromatic carbocycles. The van der Waals surface area contributed by atoms with Gasteiger partial charge in [0.1, 0.15) is 24.2 Å². The zero-order valence-electron chi connectivity index (χ0n) is 13.7. The molecule has 1 saturated heterocycles. The van der Waals surface area contributed by atoms with Crippen LogP contribution in [0.15, 0.2) is 12.1 Å². The van der Waals surface area contributed by atoms with Crippen molar-refractivity contribution >= 4 is 6.29 Å². The van der Waals surface area contributed by atoms with E-state index >= 15 is 0 Å². The fourth-order valence-electron chi connectivity index (χ4n) is 2.37. The number of carbonyl (C=O) groups is 1. The Morgan fingerprint density at radius 1 is 1.36 bits per heavy atom. The summed E-state index contributed by atoms with van der Waals surface area (Å²) in [6.07, 6.45) is 1.57. The van der Waals surface area contributed by atoms with E-state index in [1.165, 1.54) is 0 Å². The Balaban J connectivity index is 2.09. The molecule has 0 aromatic heterocycles. The van der Waals surface area contributed by atoms with Gasteiger partial charge in [-0.3, -0.25) is 4.79 Å². The maximum atomic E-state index is 11.2. The topological polar surface area (TPSA) is 54.0 Å². The second kappa shape index (κ2) is 7.11. The molecule has 0 amide bonds. The van der Waals surface area contributed by atoms with Crippen molar-refractivity contribution < 1.29 is 23.7 Å². The summed E-state index contributed by atoms with van der Waals surface area (Å²) in [6.45, 7) is 9.13. The monoisotopic (exact) mass is 308 g/mol. The van der Waals surface area contributed by atoms with Crippen molar-refractivity contribution in [3.8, 4) is 11.5 Å². The summed E-state index contributed by atoms with van der Waals surface area (Å²) in [5.74, 6) is 0.714. The highest BCUT2D eigenvalue weighted by atomic mass is 16.7. The summed E-state index contributed by atoms with van der Waals surface area (Å²) >= 11 is 0. The Hall–Kier alpha value is -1.59. The first-order valence-corrected chi connectivity index (χ1v) is 7.63. The van der Waals surface area contributed by atoms with Crippen molar-refractivity contribution in [2.24, 2.45) is 0 Å². The van der Waals surface area contributed by atoms with Crippen LogP contribution in [-0.4, -0.2) is 38.0 Å². The molecule has 0 radical (unpaired) electrons. The molecule has 1 atom stereocenters. The molecule has 122 valence electrons. The minimum atomic E-state index is -0.581. The van der Waals surface area contributed by atoms with Gasteiger partial charge in [0.25, 0.3) is 0 Å². The van der Waals surface area contributed by atoms with Crippen LogP contribution in [-0.2, 0) is 9.47 Å². The van der Waals surface area contributed by atoms with Crippen LogP contribution >= 0.6 is 0 Å². The Bertz CT molecular complexity index is 524. The molecule has 1 aliphatic heterocycles. The average molecular weight is 308 g/mol. The van der Waals surface area contributed by atoms with E-state index in [0.717, 1.165) is 24.0 Å². The van der Waals surface area contributed by atoms with Gasteiger partial charge in [-0.2, -0.15) is 0 Å². The zero-order valence-corrected chi connectivity index (χ0v) is 13.7. The summed E-state index contributed by atoms with van der Waals surface area (Å²) in [6, 6.07) is 3.52. The maximum Gasteiger partial charge on any atom is 0.163 e. The van der Waals surface area contributed by atoms with Crippen molar-refractivity contribution in [3.05, 3.63) is 23.3 Å². The Labute approximate surface area is 131 Å². The van der Waals surface area contributed by atoms with Gasteiger partial charge in [0, 0.05) is 5.56 Å². The molecule has 0 bridgehead atoms. The highest BCUT2D eigenvalue weighted by Gasteiger charge is 2.33. The first kappa shape index (κ1) is 16.8. The van der Waals surface area contributed by atoms with E-state index < -0.39 is 5.79 Å². The van der Waals surface area contributed by atoms with Crippen LogP contribution in [0.3, 0.4) is 0 Å². The summed E-state index contributed by atoms with van der Waals surface area (Å²) < 4.78 is 22.7. The van der Waals surface area contributed by atoms with Gasteiger partial charge >= 0.3 is 0 Å². The predicted molar refractivity (Wildman–Crippen MR) is 82.8 cm³/mol.